The fraction of sp³-hybridized carbons (Fsp3) is 0.226. The Kier molecular flexibility index (Phi) is 8.17. The van der Waals surface area contributed by atoms with Gasteiger partial charge in [0.15, 0.2) is 11.5 Å². The first-order valence-corrected chi connectivity index (χ1v) is 13.5. The van der Waals surface area contributed by atoms with E-state index in [1.54, 1.807) is 24.3 Å². The van der Waals surface area contributed by atoms with E-state index in [1.807, 2.05) is 36.4 Å². The van der Waals surface area contributed by atoms with E-state index in [2.05, 4.69) is 10.1 Å². The lowest BCUT2D eigenvalue weighted by molar-refractivity contribution is -0.141. The Morgan fingerprint density at radius 2 is 1.64 bits per heavy atom. The number of methoxy groups -OCH3 is 3. The zero-order valence-corrected chi connectivity index (χ0v) is 23.9. The van der Waals surface area contributed by atoms with Gasteiger partial charge in [-0.1, -0.05) is 41.9 Å². The standard InChI is InChI=1S/C31H28ClN3O7/c1-40-24-14-18(15-25(41-2)30(24)42-3)23-16-22(34-35(23)26(36)12-13-27(37)38)29-28(17-8-10-19(32)11-9-17)20-6-4-5-7-21(20)33-31(29)39/h4-11,14-15,23H,12-13,16H2,1-3H3,(H,33,39)(H,37,38). The Bertz CT molecular complexity index is 1740. The van der Waals surface area contributed by atoms with Gasteiger partial charge in [0.25, 0.3) is 5.56 Å². The third-order valence-corrected chi connectivity index (χ3v) is 7.39. The molecule has 42 heavy (non-hydrogen) atoms. The number of ether oxygens (including phenoxy) is 3. The van der Waals surface area contributed by atoms with Crippen molar-refractivity contribution < 1.29 is 28.9 Å². The lowest BCUT2D eigenvalue weighted by Crippen LogP contribution is -2.27. The molecule has 0 radical (unpaired) electrons. The Balaban J connectivity index is 1.70. The molecule has 1 aliphatic rings. The van der Waals surface area contributed by atoms with Crippen LogP contribution in [-0.2, 0) is 9.59 Å². The van der Waals surface area contributed by atoms with E-state index in [-0.39, 0.29) is 24.8 Å². The van der Waals surface area contributed by atoms with Crippen molar-refractivity contribution >= 4 is 40.1 Å². The summed E-state index contributed by atoms with van der Waals surface area (Å²) in [5.74, 6) is -0.474. The second-order valence-corrected chi connectivity index (χ2v) is 10.1. The molecule has 11 heteroatoms. The lowest BCUT2D eigenvalue weighted by atomic mass is 9.91. The van der Waals surface area contributed by atoms with Crippen molar-refractivity contribution in [2.75, 3.05) is 21.3 Å². The first-order chi connectivity index (χ1) is 20.2. The molecule has 1 amide bonds. The van der Waals surface area contributed by atoms with Crippen molar-refractivity contribution in [3.05, 3.63) is 87.2 Å². The number of hydrogen-bond donors (Lipinski definition) is 2. The highest BCUT2D eigenvalue weighted by Gasteiger charge is 2.36. The number of carbonyl (C=O) groups excluding carboxylic acids is 1. The Morgan fingerprint density at radius 3 is 2.26 bits per heavy atom. The van der Waals surface area contributed by atoms with Crippen molar-refractivity contribution in [1.82, 2.24) is 9.99 Å². The van der Waals surface area contributed by atoms with Crippen LogP contribution in [0.2, 0.25) is 5.02 Å². The maximum Gasteiger partial charge on any atom is 0.303 e. The summed E-state index contributed by atoms with van der Waals surface area (Å²) in [7, 11) is 4.46. The summed E-state index contributed by atoms with van der Waals surface area (Å²) in [6.45, 7) is 0. The monoisotopic (exact) mass is 589 g/mol. The van der Waals surface area contributed by atoms with Crippen LogP contribution in [0.25, 0.3) is 22.0 Å². The minimum atomic E-state index is -1.10. The van der Waals surface area contributed by atoms with Gasteiger partial charge in [-0.15, -0.1) is 0 Å². The van der Waals surface area contributed by atoms with E-state index in [1.165, 1.54) is 26.3 Å². The summed E-state index contributed by atoms with van der Waals surface area (Å²) in [5.41, 5.74) is 2.95. The van der Waals surface area contributed by atoms with E-state index < -0.39 is 17.9 Å². The number of amides is 1. The SMILES string of the molecule is COc1cc(C2CC(c3c(-c4ccc(Cl)cc4)c4ccccc4[nH]c3=O)=NN2C(=O)CCC(=O)O)cc(OC)c1OC. The van der Waals surface area contributed by atoms with Crippen molar-refractivity contribution in [3.8, 4) is 28.4 Å². The van der Waals surface area contributed by atoms with Crippen molar-refractivity contribution in [1.29, 1.82) is 0 Å². The minimum Gasteiger partial charge on any atom is -0.493 e. The Labute approximate surface area is 246 Å². The third-order valence-electron chi connectivity index (χ3n) is 7.13. The number of nitrogens with one attached hydrogen (secondary N) is 1. The van der Waals surface area contributed by atoms with Crippen LogP contribution in [-0.4, -0.2) is 54.0 Å². The number of aliphatic carboxylic acids is 1. The predicted octanol–water partition coefficient (Wildman–Crippen LogP) is 5.42. The zero-order valence-electron chi connectivity index (χ0n) is 23.1. The molecule has 4 aromatic rings. The molecule has 0 spiro atoms. The molecule has 0 saturated heterocycles. The topological polar surface area (TPSA) is 131 Å². The number of carbonyl (C=O) groups is 2. The number of rotatable bonds is 9. The number of nitrogens with zero attached hydrogens (tertiary/aromatic N) is 2. The molecule has 1 atom stereocenters. The number of hydrogen-bond acceptors (Lipinski definition) is 7. The number of H-pyrrole nitrogens is 1. The molecule has 216 valence electrons. The number of pyridine rings is 1. The number of aromatic nitrogens is 1. The number of aromatic amines is 1. The van der Waals surface area contributed by atoms with Crippen molar-refractivity contribution in [2.45, 2.75) is 25.3 Å². The molecule has 1 aromatic heterocycles. The molecule has 0 fully saturated rings. The van der Waals surface area contributed by atoms with Crippen molar-refractivity contribution in [2.24, 2.45) is 5.10 Å². The molecule has 0 saturated carbocycles. The first kappa shape index (κ1) is 28.7. The lowest BCUT2D eigenvalue weighted by Gasteiger charge is -2.23. The summed E-state index contributed by atoms with van der Waals surface area (Å²) < 4.78 is 16.5. The third kappa shape index (κ3) is 5.40. The van der Waals surface area contributed by atoms with Gasteiger partial charge in [-0.25, -0.2) is 5.01 Å². The number of hydrazone groups is 1. The first-order valence-electron chi connectivity index (χ1n) is 13.1. The number of para-hydroxylation sites is 1. The van der Waals surface area contributed by atoms with Crippen LogP contribution in [0.5, 0.6) is 17.2 Å². The molecule has 1 aliphatic heterocycles. The number of carboxylic acids is 1. The second-order valence-electron chi connectivity index (χ2n) is 9.61. The maximum atomic E-state index is 13.7. The molecule has 0 bridgehead atoms. The Morgan fingerprint density at radius 1 is 0.976 bits per heavy atom. The summed E-state index contributed by atoms with van der Waals surface area (Å²) in [6.07, 6.45) is -0.473. The smallest absolute Gasteiger partial charge is 0.303 e. The maximum absolute atomic E-state index is 13.7. The molecule has 10 nitrogen and oxygen atoms in total. The van der Waals surface area contributed by atoms with E-state index in [0.717, 1.165) is 10.9 Å². The largest absolute Gasteiger partial charge is 0.493 e. The minimum absolute atomic E-state index is 0.166. The van der Waals surface area contributed by atoms with Crippen LogP contribution in [0.4, 0.5) is 0 Å². The average Bonchev–Trinajstić information content (AvgIpc) is 3.44. The van der Waals surface area contributed by atoms with Gasteiger partial charge >= 0.3 is 5.97 Å². The summed E-state index contributed by atoms with van der Waals surface area (Å²) in [5, 5.41) is 16.5. The average molecular weight is 590 g/mol. The highest BCUT2D eigenvalue weighted by atomic mass is 35.5. The van der Waals surface area contributed by atoms with E-state index in [9.17, 15) is 19.5 Å². The number of fused-ring (bicyclic) bond motifs is 1. The van der Waals surface area contributed by atoms with E-state index >= 15 is 0 Å². The molecular weight excluding hydrogens is 562 g/mol. The molecule has 2 heterocycles. The van der Waals surface area contributed by atoms with Crippen LogP contribution in [0, 0.1) is 0 Å². The fourth-order valence-electron chi connectivity index (χ4n) is 5.21. The van der Waals surface area contributed by atoms with Crippen LogP contribution in [0.15, 0.2) is 70.6 Å². The number of carboxylic acid groups (broad SMARTS) is 1. The van der Waals surface area contributed by atoms with Gasteiger partial charge in [0, 0.05) is 34.3 Å². The van der Waals surface area contributed by atoms with Crippen LogP contribution < -0.4 is 19.8 Å². The number of benzene rings is 3. The van der Waals surface area contributed by atoms with Gasteiger partial charge < -0.3 is 24.3 Å². The van der Waals surface area contributed by atoms with Gasteiger partial charge in [-0.3, -0.25) is 14.4 Å². The van der Waals surface area contributed by atoms with Gasteiger partial charge in [0.1, 0.15) is 0 Å². The van der Waals surface area contributed by atoms with Gasteiger partial charge in [0.2, 0.25) is 11.7 Å². The number of halogens is 1. The molecule has 3 aromatic carbocycles. The highest BCUT2D eigenvalue weighted by Crippen LogP contribution is 2.44. The van der Waals surface area contributed by atoms with Crippen LogP contribution in [0.1, 0.15) is 36.4 Å². The molecule has 0 aliphatic carbocycles. The van der Waals surface area contributed by atoms with Gasteiger partial charge in [-0.05, 0) is 41.5 Å². The zero-order chi connectivity index (χ0) is 30.0. The van der Waals surface area contributed by atoms with Crippen molar-refractivity contribution in [3.63, 3.8) is 0 Å². The van der Waals surface area contributed by atoms with Crippen LogP contribution in [0.3, 0.4) is 0 Å². The molecular formula is C31H28ClN3O7. The van der Waals surface area contributed by atoms with Gasteiger partial charge in [-0.2, -0.15) is 5.10 Å². The summed E-state index contributed by atoms with van der Waals surface area (Å²) in [4.78, 5) is 41.3. The predicted molar refractivity (Wildman–Crippen MR) is 159 cm³/mol. The Hall–Kier alpha value is -4.83. The molecule has 1 unspecified atom stereocenters. The van der Waals surface area contributed by atoms with E-state index in [4.69, 9.17) is 25.8 Å². The van der Waals surface area contributed by atoms with Crippen LogP contribution >= 0.6 is 11.6 Å². The van der Waals surface area contributed by atoms with Gasteiger partial charge in [0.05, 0.1) is 45.1 Å². The van der Waals surface area contributed by atoms with E-state index in [0.29, 0.717) is 50.2 Å². The quantitative estimate of drug-likeness (QED) is 0.267. The second kappa shape index (κ2) is 12.0. The highest BCUT2D eigenvalue weighted by molar-refractivity contribution is 6.30. The molecule has 5 rings (SSSR count). The summed E-state index contributed by atoms with van der Waals surface area (Å²) >= 11 is 6.17. The normalized spacial score (nSPS) is 14.5. The summed E-state index contributed by atoms with van der Waals surface area (Å²) in [6, 6.07) is 17.3. The molecule has 2 N–H and O–H groups in total. The fourth-order valence-corrected chi connectivity index (χ4v) is 5.33.